The van der Waals surface area contributed by atoms with E-state index in [-0.39, 0.29) is 23.9 Å². The number of rotatable bonds is 8. The number of aryl methyl sites for hydroxylation is 1. The Bertz CT molecular complexity index is 765. The van der Waals surface area contributed by atoms with Crippen LogP contribution in [0.3, 0.4) is 0 Å². The van der Waals surface area contributed by atoms with Crippen LogP contribution in [-0.4, -0.2) is 31.2 Å². The minimum Gasteiger partial charge on any atom is -0.442 e. The number of nitrogens with zero attached hydrogens (tertiary/aromatic N) is 1. The molecule has 1 aliphatic heterocycles. The molecule has 142 valence electrons. The van der Waals surface area contributed by atoms with Crippen molar-refractivity contribution < 1.29 is 18.7 Å². The van der Waals surface area contributed by atoms with Gasteiger partial charge in [-0.3, -0.25) is 9.69 Å². The van der Waals surface area contributed by atoms with Gasteiger partial charge in [0.15, 0.2) is 0 Å². The summed E-state index contributed by atoms with van der Waals surface area (Å²) in [5, 5.41) is 2.83. The molecule has 2 amide bonds. The van der Waals surface area contributed by atoms with Gasteiger partial charge in [-0.15, -0.1) is 0 Å². The number of ether oxygens (including phenoxy) is 1. The fourth-order valence-corrected chi connectivity index (χ4v) is 3.03. The van der Waals surface area contributed by atoms with E-state index >= 15 is 0 Å². The zero-order valence-electron chi connectivity index (χ0n) is 15.1. The Labute approximate surface area is 158 Å². The average Bonchev–Trinajstić information content (AvgIpc) is 3.06. The first-order valence-corrected chi connectivity index (χ1v) is 9.16. The summed E-state index contributed by atoms with van der Waals surface area (Å²) in [6.07, 6.45) is 2.12. The lowest BCUT2D eigenvalue weighted by atomic mass is 10.1. The third kappa shape index (κ3) is 5.54. The first kappa shape index (κ1) is 18.9. The van der Waals surface area contributed by atoms with Gasteiger partial charge in [-0.1, -0.05) is 30.3 Å². The van der Waals surface area contributed by atoms with Crippen LogP contribution in [0.1, 0.15) is 24.8 Å². The van der Waals surface area contributed by atoms with Crippen LogP contribution in [0.4, 0.5) is 14.9 Å². The van der Waals surface area contributed by atoms with Crippen LogP contribution in [0.15, 0.2) is 54.6 Å². The summed E-state index contributed by atoms with van der Waals surface area (Å²) >= 11 is 0. The number of hydrogen-bond donors (Lipinski definition) is 1. The predicted octanol–water partition coefficient (Wildman–Crippen LogP) is 3.68. The Morgan fingerprint density at radius 2 is 1.85 bits per heavy atom. The second-order valence-corrected chi connectivity index (χ2v) is 6.59. The summed E-state index contributed by atoms with van der Waals surface area (Å²) in [4.78, 5) is 25.5. The molecule has 2 aromatic rings. The second-order valence-electron chi connectivity index (χ2n) is 6.59. The van der Waals surface area contributed by atoms with E-state index in [0.717, 1.165) is 30.5 Å². The van der Waals surface area contributed by atoms with Crippen LogP contribution in [0.5, 0.6) is 0 Å². The zero-order chi connectivity index (χ0) is 19.1. The van der Waals surface area contributed by atoms with E-state index in [4.69, 9.17) is 4.74 Å². The molecule has 1 fully saturated rings. The first-order chi connectivity index (χ1) is 13.1. The molecule has 6 heteroatoms. The number of anilines is 1. The van der Waals surface area contributed by atoms with Gasteiger partial charge in [-0.2, -0.15) is 0 Å². The third-order valence-electron chi connectivity index (χ3n) is 4.50. The smallest absolute Gasteiger partial charge is 0.414 e. The van der Waals surface area contributed by atoms with Crippen molar-refractivity contribution in [2.24, 2.45) is 0 Å². The number of cyclic esters (lactones) is 1. The van der Waals surface area contributed by atoms with Crippen molar-refractivity contribution in [1.29, 1.82) is 0 Å². The lowest BCUT2D eigenvalue weighted by molar-refractivity contribution is -0.121. The molecule has 1 saturated heterocycles. The van der Waals surface area contributed by atoms with E-state index in [1.54, 1.807) is 17.0 Å². The Kier molecular flexibility index (Phi) is 6.41. The number of amides is 2. The van der Waals surface area contributed by atoms with Crippen LogP contribution < -0.4 is 10.2 Å². The molecule has 0 aromatic heterocycles. The van der Waals surface area contributed by atoms with Crippen molar-refractivity contribution in [3.05, 3.63) is 66.0 Å². The van der Waals surface area contributed by atoms with E-state index in [2.05, 4.69) is 5.32 Å². The number of carbonyl (C=O) groups excluding carboxylic acids is 2. The van der Waals surface area contributed by atoms with Crippen molar-refractivity contribution in [1.82, 2.24) is 5.32 Å². The summed E-state index contributed by atoms with van der Waals surface area (Å²) in [5.74, 6) is -0.292. The SMILES string of the molecule is O=C(CCCCc1ccc(F)cc1)NCC1CN(c2ccccc2)C(=O)O1. The normalized spacial score (nSPS) is 16.3. The highest BCUT2D eigenvalue weighted by Gasteiger charge is 2.32. The molecule has 1 heterocycles. The molecule has 0 spiro atoms. The molecular weight excluding hydrogens is 347 g/mol. The highest BCUT2D eigenvalue weighted by molar-refractivity contribution is 5.89. The number of unbranched alkanes of at least 4 members (excludes halogenated alkanes) is 1. The topological polar surface area (TPSA) is 58.6 Å². The van der Waals surface area contributed by atoms with Crippen LogP contribution in [0, 0.1) is 5.82 Å². The molecule has 0 radical (unpaired) electrons. The standard InChI is InChI=1S/C21H23FN2O3/c22-17-12-10-16(11-13-17)6-4-5-9-20(25)23-14-19-15-24(21(26)27-19)18-7-2-1-3-8-18/h1-3,7-8,10-13,19H,4-6,9,14-15H2,(H,23,25). The zero-order valence-corrected chi connectivity index (χ0v) is 15.1. The largest absolute Gasteiger partial charge is 0.442 e. The van der Waals surface area contributed by atoms with Crippen molar-refractivity contribution in [2.75, 3.05) is 18.0 Å². The molecule has 1 aliphatic rings. The molecule has 27 heavy (non-hydrogen) atoms. The van der Waals surface area contributed by atoms with Crippen LogP contribution in [0.25, 0.3) is 0 Å². The Morgan fingerprint density at radius 1 is 1.11 bits per heavy atom. The minimum atomic E-state index is -0.389. The van der Waals surface area contributed by atoms with Gasteiger partial charge in [-0.05, 0) is 49.1 Å². The summed E-state index contributed by atoms with van der Waals surface area (Å²) in [6, 6.07) is 15.7. The summed E-state index contributed by atoms with van der Waals surface area (Å²) in [7, 11) is 0. The van der Waals surface area contributed by atoms with Crippen molar-refractivity contribution in [2.45, 2.75) is 31.8 Å². The number of para-hydroxylation sites is 1. The highest BCUT2D eigenvalue weighted by Crippen LogP contribution is 2.20. The number of hydrogen-bond acceptors (Lipinski definition) is 3. The van der Waals surface area contributed by atoms with Gasteiger partial charge in [0.25, 0.3) is 0 Å². The number of benzene rings is 2. The molecular formula is C21H23FN2O3. The fourth-order valence-electron chi connectivity index (χ4n) is 3.03. The lowest BCUT2D eigenvalue weighted by Gasteiger charge is -2.12. The quantitative estimate of drug-likeness (QED) is 0.721. The molecule has 1 N–H and O–H groups in total. The molecule has 3 rings (SSSR count). The van der Waals surface area contributed by atoms with Gasteiger partial charge >= 0.3 is 6.09 Å². The maximum absolute atomic E-state index is 12.9. The number of nitrogens with one attached hydrogen (secondary N) is 1. The average molecular weight is 370 g/mol. The molecule has 2 aromatic carbocycles. The summed E-state index contributed by atoms with van der Waals surface area (Å²) in [6.45, 7) is 0.736. The van der Waals surface area contributed by atoms with Gasteiger partial charge < -0.3 is 10.1 Å². The maximum atomic E-state index is 12.9. The summed E-state index contributed by atoms with van der Waals surface area (Å²) in [5.41, 5.74) is 1.85. The molecule has 1 unspecified atom stereocenters. The Morgan fingerprint density at radius 3 is 2.59 bits per heavy atom. The van der Waals surface area contributed by atoms with Gasteiger partial charge in [0.1, 0.15) is 11.9 Å². The molecule has 5 nitrogen and oxygen atoms in total. The number of carbonyl (C=O) groups is 2. The molecule has 0 bridgehead atoms. The summed E-state index contributed by atoms with van der Waals surface area (Å²) < 4.78 is 18.2. The Balaban J connectivity index is 1.33. The third-order valence-corrected chi connectivity index (χ3v) is 4.50. The van der Waals surface area contributed by atoms with Gasteiger partial charge in [0.05, 0.1) is 13.1 Å². The van der Waals surface area contributed by atoms with Gasteiger partial charge in [0, 0.05) is 12.1 Å². The minimum absolute atomic E-state index is 0.0525. The first-order valence-electron chi connectivity index (χ1n) is 9.16. The van der Waals surface area contributed by atoms with Crippen molar-refractivity contribution in [3.63, 3.8) is 0 Å². The van der Waals surface area contributed by atoms with E-state index in [0.29, 0.717) is 19.5 Å². The van der Waals surface area contributed by atoms with Crippen LogP contribution in [0.2, 0.25) is 0 Å². The molecule has 0 aliphatic carbocycles. The number of halogens is 1. The van der Waals surface area contributed by atoms with E-state index < -0.39 is 0 Å². The predicted molar refractivity (Wildman–Crippen MR) is 101 cm³/mol. The monoisotopic (exact) mass is 370 g/mol. The molecule has 0 saturated carbocycles. The van der Waals surface area contributed by atoms with Gasteiger partial charge in [-0.25, -0.2) is 9.18 Å². The van der Waals surface area contributed by atoms with Crippen molar-refractivity contribution >= 4 is 17.7 Å². The fraction of sp³-hybridized carbons (Fsp3) is 0.333. The van der Waals surface area contributed by atoms with Crippen LogP contribution >= 0.6 is 0 Å². The van der Waals surface area contributed by atoms with Crippen LogP contribution in [-0.2, 0) is 16.0 Å². The molecule has 1 atom stereocenters. The van der Waals surface area contributed by atoms with E-state index in [1.807, 2.05) is 30.3 Å². The van der Waals surface area contributed by atoms with E-state index in [1.165, 1.54) is 12.1 Å². The lowest BCUT2D eigenvalue weighted by Crippen LogP contribution is -2.34. The van der Waals surface area contributed by atoms with Gasteiger partial charge in [0.2, 0.25) is 5.91 Å². The Hall–Kier alpha value is -2.89. The van der Waals surface area contributed by atoms with Crippen molar-refractivity contribution in [3.8, 4) is 0 Å². The maximum Gasteiger partial charge on any atom is 0.414 e. The van der Waals surface area contributed by atoms with E-state index in [9.17, 15) is 14.0 Å². The highest BCUT2D eigenvalue weighted by atomic mass is 19.1. The second kappa shape index (κ2) is 9.16.